The van der Waals surface area contributed by atoms with Crippen LogP contribution in [0.3, 0.4) is 0 Å². The Bertz CT molecular complexity index is 3710. The van der Waals surface area contributed by atoms with Gasteiger partial charge in [-0.25, -0.2) is 0 Å². The second kappa shape index (κ2) is 12.0. The molecule has 0 atom stereocenters. The van der Waals surface area contributed by atoms with Crippen molar-refractivity contribution in [1.29, 1.82) is 0 Å². The van der Waals surface area contributed by atoms with Gasteiger partial charge in [-0.2, -0.15) is 0 Å². The topological polar surface area (TPSA) is 80.3 Å². The normalized spacial score (nSPS) is 12.1. The van der Waals surface area contributed by atoms with E-state index in [0.29, 0.717) is 0 Å². The summed E-state index contributed by atoms with van der Waals surface area (Å²) in [6, 6.07) is 50.1. The van der Waals surface area contributed by atoms with Gasteiger partial charge >= 0.3 is 19.5 Å². The molecule has 0 spiro atoms. The van der Waals surface area contributed by atoms with E-state index in [0.717, 1.165) is 77.0 Å². The van der Waals surface area contributed by atoms with Crippen LogP contribution in [-0.4, -0.2) is 9.97 Å². The smallest absolute Gasteiger partial charge is 0.656 e. The molecule has 0 aliphatic carbocycles. The van der Waals surface area contributed by atoms with Crippen molar-refractivity contribution in [2.45, 2.75) is 0 Å². The van der Waals surface area contributed by atoms with Crippen molar-refractivity contribution in [2.24, 2.45) is 0 Å². The first kappa shape index (κ1) is 32.2. The molecule has 14 aromatic rings. The van der Waals surface area contributed by atoms with E-state index in [1.165, 1.54) is 53.9 Å². The summed E-state index contributed by atoms with van der Waals surface area (Å²) in [4.78, 5) is 19.4. The van der Waals surface area contributed by atoms with Crippen molar-refractivity contribution in [3.05, 3.63) is 158 Å². The molecular formula is C50H26N4O2Zn. The van der Waals surface area contributed by atoms with Gasteiger partial charge in [0.1, 0.15) is 22.2 Å². The van der Waals surface area contributed by atoms with Gasteiger partial charge in [-0.05, 0) is 101 Å². The number of hydrogen-bond donors (Lipinski definition) is 0. The van der Waals surface area contributed by atoms with Gasteiger partial charge in [0.05, 0.1) is 10.8 Å². The quantitative estimate of drug-likeness (QED) is 0.113. The van der Waals surface area contributed by atoms with E-state index < -0.39 is 0 Å². The molecule has 14 rings (SSSR count). The van der Waals surface area contributed by atoms with Crippen molar-refractivity contribution in [1.82, 2.24) is 19.9 Å². The predicted molar refractivity (Wildman–Crippen MR) is 230 cm³/mol. The van der Waals surface area contributed by atoms with Gasteiger partial charge < -0.3 is 18.8 Å². The van der Waals surface area contributed by atoms with Crippen molar-refractivity contribution in [3.8, 4) is 0 Å². The van der Waals surface area contributed by atoms with E-state index >= 15 is 0 Å². The molecule has 260 valence electrons. The fourth-order valence-corrected chi connectivity index (χ4v) is 9.26. The third kappa shape index (κ3) is 4.37. The molecule has 0 radical (unpaired) electrons. The number of fused-ring (bicyclic) bond motifs is 24. The Kier molecular flexibility index (Phi) is 6.76. The minimum Gasteiger partial charge on any atom is -0.656 e. The minimum absolute atomic E-state index is 0. The predicted octanol–water partition coefficient (Wildman–Crippen LogP) is 13.1. The van der Waals surface area contributed by atoms with Gasteiger partial charge in [0.25, 0.3) is 0 Å². The van der Waals surface area contributed by atoms with Gasteiger partial charge in [0.15, 0.2) is 11.2 Å². The first-order valence-corrected chi connectivity index (χ1v) is 18.7. The Balaban J connectivity index is 0.000000123. The van der Waals surface area contributed by atoms with E-state index in [1.54, 1.807) is 0 Å². The first-order valence-electron chi connectivity index (χ1n) is 18.7. The Labute approximate surface area is 335 Å². The van der Waals surface area contributed by atoms with E-state index in [2.05, 4.69) is 119 Å². The Morgan fingerprint density at radius 3 is 1.16 bits per heavy atom. The first-order chi connectivity index (χ1) is 27.8. The number of nitrogens with zero attached hydrogens (tertiary/aromatic N) is 4. The molecule has 6 aromatic heterocycles. The fraction of sp³-hybridized carbons (Fsp3) is 0. The molecule has 7 heteroatoms. The van der Waals surface area contributed by atoms with E-state index in [1.807, 2.05) is 48.8 Å². The molecule has 6 nitrogen and oxygen atoms in total. The monoisotopic (exact) mass is 778 g/mol. The molecular weight excluding hydrogens is 754 g/mol. The van der Waals surface area contributed by atoms with Crippen molar-refractivity contribution in [2.75, 3.05) is 0 Å². The maximum Gasteiger partial charge on any atom is 2.00 e. The number of pyridine rings is 2. The number of hydrogen-bond acceptors (Lipinski definition) is 4. The molecule has 0 unspecified atom stereocenters. The third-order valence-corrected chi connectivity index (χ3v) is 11.5. The van der Waals surface area contributed by atoms with Gasteiger partial charge in [0, 0.05) is 12.4 Å². The third-order valence-electron chi connectivity index (χ3n) is 11.5. The zero-order valence-electron chi connectivity index (χ0n) is 30.3. The fourth-order valence-electron chi connectivity index (χ4n) is 9.26. The summed E-state index contributed by atoms with van der Waals surface area (Å²) in [5.74, 6) is 0. The van der Waals surface area contributed by atoms with Gasteiger partial charge in [-0.1, -0.05) is 109 Å². The number of rotatable bonds is 0. The second-order valence-electron chi connectivity index (χ2n) is 14.4. The molecule has 0 saturated carbocycles. The van der Waals surface area contributed by atoms with Gasteiger partial charge in [0.2, 0.25) is 0 Å². The number of aromatic nitrogens is 4. The molecule has 0 amide bonds. The Hall–Kier alpha value is -7.08. The van der Waals surface area contributed by atoms with Gasteiger partial charge in [-0.3, -0.25) is 9.97 Å². The van der Waals surface area contributed by atoms with Crippen molar-refractivity contribution in [3.63, 3.8) is 0 Å². The van der Waals surface area contributed by atoms with E-state index in [4.69, 9.17) is 18.8 Å². The molecule has 57 heavy (non-hydrogen) atoms. The van der Waals surface area contributed by atoms with Crippen LogP contribution in [0.5, 0.6) is 0 Å². The van der Waals surface area contributed by atoms with Crippen LogP contribution in [0.1, 0.15) is 0 Å². The van der Waals surface area contributed by atoms with Crippen molar-refractivity contribution < 1.29 is 28.3 Å². The molecule has 0 aliphatic rings. The SMILES string of the molecule is [Zn+2].c1ccc2c(c1)[n-]c1c2c2ccccc2c2ccc3oc4cccnc4c3c21.c1ccc2c(c1)[n-]c1c2c2ccccc2c2ccc3oc4cccnc4c3c21. The minimum atomic E-state index is 0. The number of furan rings is 2. The number of benzene rings is 8. The van der Waals surface area contributed by atoms with Crippen LogP contribution in [0.4, 0.5) is 0 Å². The Morgan fingerprint density at radius 1 is 0.316 bits per heavy atom. The van der Waals surface area contributed by atoms with Crippen LogP contribution in [0.25, 0.3) is 131 Å². The Morgan fingerprint density at radius 2 is 0.702 bits per heavy atom. The maximum atomic E-state index is 6.11. The zero-order chi connectivity index (χ0) is 36.5. The van der Waals surface area contributed by atoms with Gasteiger partial charge in [-0.15, -0.1) is 22.1 Å². The molecule has 0 aliphatic heterocycles. The summed E-state index contributed by atoms with van der Waals surface area (Å²) in [5.41, 5.74) is 9.20. The van der Waals surface area contributed by atoms with Crippen LogP contribution < -0.4 is 9.97 Å². The number of para-hydroxylation sites is 2. The maximum absolute atomic E-state index is 6.11. The second-order valence-corrected chi connectivity index (χ2v) is 14.4. The summed E-state index contributed by atoms with van der Waals surface area (Å²) < 4.78 is 12.2. The summed E-state index contributed by atoms with van der Waals surface area (Å²) in [7, 11) is 0. The molecule has 0 saturated heterocycles. The molecule has 0 fully saturated rings. The van der Waals surface area contributed by atoms with Crippen LogP contribution in [-0.2, 0) is 19.5 Å². The standard InChI is InChI=1S/2C25H13N2O.Zn/c2*1-2-7-15-14(6-1)16-11-12-19-23(24-20(28-19)10-5-13-26-24)22(16)25-21(15)17-8-3-4-9-18(17)27-25;/h2*1-13H;/q2*-1;+2. The molecule has 0 N–H and O–H groups in total. The summed E-state index contributed by atoms with van der Waals surface area (Å²) >= 11 is 0. The molecule has 0 bridgehead atoms. The van der Waals surface area contributed by atoms with E-state index in [9.17, 15) is 0 Å². The average molecular weight is 780 g/mol. The molecule has 8 aromatic carbocycles. The van der Waals surface area contributed by atoms with Crippen LogP contribution in [0.2, 0.25) is 0 Å². The van der Waals surface area contributed by atoms with Crippen molar-refractivity contribution >= 4 is 131 Å². The van der Waals surface area contributed by atoms with Crippen LogP contribution in [0, 0.1) is 0 Å². The summed E-state index contributed by atoms with van der Waals surface area (Å²) in [5, 5.41) is 16.4. The van der Waals surface area contributed by atoms with Crippen LogP contribution in [0.15, 0.2) is 167 Å². The van der Waals surface area contributed by atoms with Crippen LogP contribution >= 0.6 is 0 Å². The van der Waals surface area contributed by atoms with E-state index in [-0.39, 0.29) is 19.5 Å². The largest absolute Gasteiger partial charge is 2.00 e. The average Bonchev–Trinajstić information content (AvgIpc) is 4.04. The summed E-state index contributed by atoms with van der Waals surface area (Å²) in [6.45, 7) is 0. The summed E-state index contributed by atoms with van der Waals surface area (Å²) in [6.07, 6.45) is 3.65. The molecule has 6 heterocycles. The zero-order valence-corrected chi connectivity index (χ0v) is 33.3.